The van der Waals surface area contributed by atoms with Crippen molar-refractivity contribution >= 4 is 5.91 Å². The van der Waals surface area contributed by atoms with Crippen LogP contribution in [-0.2, 0) is 4.79 Å². The van der Waals surface area contributed by atoms with E-state index in [1.165, 1.54) is 25.7 Å². The van der Waals surface area contributed by atoms with E-state index >= 15 is 0 Å². The molecule has 2 unspecified atom stereocenters. The van der Waals surface area contributed by atoms with Gasteiger partial charge in [0.15, 0.2) is 0 Å². The van der Waals surface area contributed by atoms with Crippen LogP contribution in [0.2, 0.25) is 0 Å². The fourth-order valence-corrected chi connectivity index (χ4v) is 2.09. The largest absolute Gasteiger partial charge is 0.394 e. The Balaban J connectivity index is 3.91. The van der Waals surface area contributed by atoms with Crippen LogP contribution < -0.4 is 5.32 Å². The van der Waals surface area contributed by atoms with Gasteiger partial charge in [0.05, 0.1) is 18.8 Å². The molecule has 0 aromatic carbocycles. The normalized spacial score (nSPS) is 14.3. The van der Waals surface area contributed by atoms with E-state index in [9.17, 15) is 15.0 Å². The zero-order valence-corrected chi connectivity index (χ0v) is 13.7. The van der Waals surface area contributed by atoms with Gasteiger partial charge in [-0.15, -0.1) is 0 Å². The lowest BCUT2D eigenvalue weighted by Gasteiger charge is -2.19. The number of carbonyl (C=O) groups is 1. The molecule has 3 N–H and O–H groups in total. The van der Waals surface area contributed by atoms with E-state index in [-0.39, 0.29) is 12.5 Å². The summed E-state index contributed by atoms with van der Waals surface area (Å²) in [6.07, 6.45) is 12.1. The summed E-state index contributed by atoms with van der Waals surface area (Å²) in [5.74, 6) is -0.108. The van der Waals surface area contributed by atoms with Gasteiger partial charge in [0.2, 0.25) is 5.91 Å². The molecule has 0 spiro atoms. The molecule has 0 aliphatic rings. The molecule has 1 amide bonds. The second-order valence-corrected chi connectivity index (χ2v) is 5.58. The van der Waals surface area contributed by atoms with E-state index in [1.807, 2.05) is 13.0 Å². The second-order valence-electron chi connectivity index (χ2n) is 5.58. The minimum atomic E-state index is -0.823. The molecule has 0 saturated carbocycles. The molecule has 0 radical (unpaired) electrons. The lowest BCUT2D eigenvalue weighted by atomic mass is 10.1. The Kier molecular flexibility index (Phi) is 13.5. The lowest BCUT2D eigenvalue weighted by Crippen LogP contribution is -2.45. The van der Waals surface area contributed by atoms with Crippen LogP contribution in [0.15, 0.2) is 12.2 Å². The van der Waals surface area contributed by atoms with Crippen molar-refractivity contribution < 1.29 is 15.0 Å². The number of aliphatic hydroxyl groups is 2. The first-order valence-corrected chi connectivity index (χ1v) is 8.40. The third-order valence-corrected chi connectivity index (χ3v) is 3.52. The standard InChI is InChI=1S/C17H33NO3/c1-3-5-7-8-9-10-11-12-16(20)15(14-19)18-17(21)13-6-4-2/h11-12,15-16,19-20H,3-10,13-14H2,1-2H3,(H,18,21)/b12-11+. The lowest BCUT2D eigenvalue weighted by molar-refractivity contribution is -0.122. The van der Waals surface area contributed by atoms with Crippen LogP contribution in [0.25, 0.3) is 0 Å². The quantitative estimate of drug-likeness (QED) is 0.362. The van der Waals surface area contributed by atoms with Gasteiger partial charge in [-0.1, -0.05) is 58.1 Å². The van der Waals surface area contributed by atoms with Crippen LogP contribution in [0, 0.1) is 0 Å². The summed E-state index contributed by atoms with van der Waals surface area (Å²) in [5.41, 5.74) is 0. The summed E-state index contributed by atoms with van der Waals surface area (Å²) in [4.78, 5) is 11.6. The molecule has 0 bridgehead atoms. The highest BCUT2D eigenvalue weighted by Gasteiger charge is 2.17. The maximum Gasteiger partial charge on any atom is 0.220 e. The van der Waals surface area contributed by atoms with Crippen molar-refractivity contribution in [2.24, 2.45) is 0 Å². The van der Waals surface area contributed by atoms with Crippen LogP contribution in [0.1, 0.15) is 71.6 Å². The van der Waals surface area contributed by atoms with E-state index in [1.54, 1.807) is 6.08 Å². The predicted octanol–water partition coefficient (Wildman–Crippen LogP) is 2.93. The van der Waals surface area contributed by atoms with Crippen LogP contribution in [0.4, 0.5) is 0 Å². The summed E-state index contributed by atoms with van der Waals surface area (Å²) >= 11 is 0. The number of allylic oxidation sites excluding steroid dienone is 1. The molecular weight excluding hydrogens is 266 g/mol. The Labute approximate surface area is 129 Å². The summed E-state index contributed by atoms with van der Waals surface area (Å²) < 4.78 is 0. The maximum atomic E-state index is 11.6. The van der Waals surface area contributed by atoms with Crippen molar-refractivity contribution in [3.63, 3.8) is 0 Å². The molecule has 0 aromatic rings. The van der Waals surface area contributed by atoms with Crippen LogP contribution in [0.3, 0.4) is 0 Å². The molecule has 4 heteroatoms. The molecule has 0 rings (SSSR count). The van der Waals surface area contributed by atoms with E-state index in [0.29, 0.717) is 6.42 Å². The Morgan fingerprint density at radius 2 is 1.76 bits per heavy atom. The smallest absolute Gasteiger partial charge is 0.220 e. The predicted molar refractivity (Wildman–Crippen MR) is 87.1 cm³/mol. The zero-order valence-electron chi connectivity index (χ0n) is 13.7. The molecule has 124 valence electrons. The summed E-state index contributed by atoms with van der Waals surface area (Å²) in [6, 6.07) is -0.606. The summed E-state index contributed by atoms with van der Waals surface area (Å²) in [7, 11) is 0. The molecule has 0 fully saturated rings. The maximum absolute atomic E-state index is 11.6. The third-order valence-electron chi connectivity index (χ3n) is 3.52. The van der Waals surface area contributed by atoms with Crippen LogP contribution >= 0.6 is 0 Å². The third kappa shape index (κ3) is 11.5. The second kappa shape index (κ2) is 14.1. The average Bonchev–Trinajstić information content (AvgIpc) is 2.49. The molecule has 21 heavy (non-hydrogen) atoms. The number of hydrogen-bond donors (Lipinski definition) is 3. The minimum absolute atomic E-state index is 0.108. The summed E-state index contributed by atoms with van der Waals surface area (Å²) in [5, 5.41) is 21.9. The Morgan fingerprint density at radius 3 is 2.38 bits per heavy atom. The molecule has 0 aromatic heterocycles. The Bertz CT molecular complexity index is 279. The molecule has 2 atom stereocenters. The number of amides is 1. The van der Waals surface area contributed by atoms with E-state index in [0.717, 1.165) is 25.7 Å². The highest BCUT2D eigenvalue weighted by molar-refractivity contribution is 5.76. The minimum Gasteiger partial charge on any atom is -0.394 e. The number of hydrogen-bond acceptors (Lipinski definition) is 3. The van der Waals surface area contributed by atoms with Gasteiger partial charge in [0.25, 0.3) is 0 Å². The van der Waals surface area contributed by atoms with Crippen molar-refractivity contribution in [3.8, 4) is 0 Å². The van der Waals surface area contributed by atoms with Gasteiger partial charge in [-0.25, -0.2) is 0 Å². The Morgan fingerprint density at radius 1 is 1.10 bits per heavy atom. The molecule has 0 saturated heterocycles. The number of aliphatic hydroxyl groups excluding tert-OH is 2. The number of rotatable bonds is 13. The number of unbranched alkanes of at least 4 members (excludes halogenated alkanes) is 6. The van der Waals surface area contributed by atoms with Gasteiger partial charge in [-0.05, 0) is 19.3 Å². The van der Waals surface area contributed by atoms with Crippen molar-refractivity contribution in [1.82, 2.24) is 5.32 Å². The highest BCUT2D eigenvalue weighted by atomic mass is 16.3. The number of nitrogens with one attached hydrogen (secondary N) is 1. The van der Waals surface area contributed by atoms with Gasteiger partial charge < -0.3 is 15.5 Å². The van der Waals surface area contributed by atoms with Gasteiger partial charge in [-0.2, -0.15) is 0 Å². The average molecular weight is 299 g/mol. The van der Waals surface area contributed by atoms with Crippen LogP contribution in [0.5, 0.6) is 0 Å². The van der Waals surface area contributed by atoms with Crippen molar-refractivity contribution in [2.45, 2.75) is 83.8 Å². The summed E-state index contributed by atoms with van der Waals surface area (Å²) in [6.45, 7) is 3.97. The first-order valence-electron chi connectivity index (χ1n) is 8.40. The van der Waals surface area contributed by atoms with Crippen molar-refractivity contribution in [3.05, 3.63) is 12.2 Å². The molecule has 4 nitrogen and oxygen atoms in total. The Hall–Kier alpha value is -0.870. The SMILES string of the molecule is CCCCCCC/C=C/C(O)C(CO)NC(=O)CCCC. The highest BCUT2D eigenvalue weighted by Crippen LogP contribution is 2.06. The fraction of sp³-hybridized carbons (Fsp3) is 0.824. The monoisotopic (exact) mass is 299 g/mol. The van der Waals surface area contributed by atoms with Crippen molar-refractivity contribution in [1.29, 1.82) is 0 Å². The zero-order chi connectivity index (χ0) is 15.9. The molecular formula is C17H33NO3. The fourth-order valence-electron chi connectivity index (χ4n) is 2.09. The van der Waals surface area contributed by atoms with E-state index in [4.69, 9.17) is 0 Å². The van der Waals surface area contributed by atoms with Gasteiger partial charge >= 0.3 is 0 Å². The molecule has 0 aliphatic heterocycles. The van der Waals surface area contributed by atoms with Crippen LogP contribution in [-0.4, -0.2) is 34.9 Å². The van der Waals surface area contributed by atoms with Gasteiger partial charge in [0.1, 0.15) is 0 Å². The van der Waals surface area contributed by atoms with E-state index in [2.05, 4.69) is 12.2 Å². The van der Waals surface area contributed by atoms with E-state index < -0.39 is 12.1 Å². The topological polar surface area (TPSA) is 69.6 Å². The number of carbonyl (C=O) groups excluding carboxylic acids is 1. The van der Waals surface area contributed by atoms with Crippen molar-refractivity contribution in [2.75, 3.05) is 6.61 Å². The molecule has 0 heterocycles. The molecule has 0 aliphatic carbocycles. The van der Waals surface area contributed by atoms with Gasteiger partial charge in [0, 0.05) is 6.42 Å². The van der Waals surface area contributed by atoms with Gasteiger partial charge in [-0.3, -0.25) is 4.79 Å². The first-order chi connectivity index (χ1) is 10.2. The first kappa shape index (κ1) is 20.1.